The van der Waals surface area contributed by atoms with Crippen LogP contribution in [0.15, 0.2) is 65.2 Å². The summed E-state index contributed by atoms with van der Waals surface area (Å²) in [7, 11) is 1.54. The number of rotatable bonds is 3. The minimum Gasteiger partial charge on any atom is -0.493 e. The van der Waals surface area contributed by atoms with Crippen molar-refractivity contribution in [3.8, 4) is 28.4 Å². The normalized spacial score (nSPS) is 18.1. The van der Waals surface area contributed by atoms with Crippen molar-refractivity contribution < 1.29 is 33.1 Å². The lowest BCUT2D eigenvalue weighted by Gasteiger charge is -2.23. The maximum atomic E-state index is 13.8. The van der Waals surface area contributed by atoms with Gasteiger partial charge < -0.3 is 34.3 Å². The first-order chi connectivity index (χ1) is 22.2. The molecule has 0 spiro atoms. The number of aryl methyl sites for hydroxylation is 3. The number of nitrogens with zero attached hydrogens (tertiary/aromatic N) is 2. The Bertz CT molecular complexity index is 1780. The summed E-state index contributed by atoms with van der Waals surface area (Å²) in [6.45, 7) is 6.17. The van der Waals surface area contributed by atoms with E-state index in [0.29, 0.717) is 34.3 Å². The SMILES string of the molecule is COc1cc2ccc1O[C@H]1CN(C(=O)Cc3c(C)noc3C)C[C@@H]1NC(=O)c1ccc(C)c(c1)-c1cccc(c1)OCC(=O)NC2. The standard InChI is InChI=1S/C35H36N4O7/c1-20-8-10-25-14-27(20)24-6-5-7-26(13-24)44-19-33(40)36-16-23-9-11-30(31(12-23)43-4)45-32-18-39(17-29(32)37-35(25)42)34(41)15-28-21(2)38-46-22(28)3/h5-14,29,32H,15-19H2,1-4H3,(H,36,40)(H,37,42)/t29-,32-/m0/s1. The Morgan fingerprint density at radius 3 is 2.65 bits per heavy atom. The molecule has 1 fully saturated rings. The van der Waals surface area contributed by atoms with Gasteiger partial charge in [0, 0.05) is 24.2 Å². The van der Waals surface area contributed by atoms with E-state index in [2.05, 4.69) is 15.8 Å². The lowest BCUT2D eigenvalue weighted by molar-refractivity contribution is -0.129. The van der Waals surface area contributed by atoms with E-state index < -0.39 is 12.1 Å². The van der Waals surface area contributed by atoms with Gasteiger partial charge in [-0.25, -0.2) is 0 Å². The first kappa shape index (κ1) is 30.7. The number of hydrogen-bond acceptors (Lipinski definition) is 8. The van der Waals surface area contributed by atoms with E-state index in [4.69, 9.17) is 18.7 Å². The number of benzene rings is 3. The van der Waals surface area contributed by atoms with Crippen LogP contribution in [0, 0.1) is 20.8 Å². The van der Waals surface area contributed by atoms with Crippen LogP contribution in [0.25, 0.3) is 11.1 Å². The Kier molecular flexibility index (Phi) is 8.65. The molecule has 2 atom stereocenters. The summed E-state index contributed by atoms with van der Waals surface area (Å²) in [5.41, 5.74) is 5.37. The predicted octanol–water partition coefficient (Wildman–Crippen LogP) is 3.91. The highest BCUT2D eigenvalue weighted by atomic mass is 16.5. The molecule has 1 saturated heterocycles. The van der Waals surface area contributed by atoms with Crippen molar-refractivity contribution in [2.24, 2.45) is 0 Å². The van der Waals surface area contributed by atoms with E-state index >= 15 is 0 Å². The van der Waals surface area contributed by atoms with E-state index in [1.165, 1.54) is 7.11 Å². The first-order valence-corrected chi connectivity index (χ1v) is 15.1. The summed E-state index contributed by atoms with van der Waals surface area (Å²) < 4.78 is 23.1. The van der Waals surface area contributed by atoms with Crippen LogP contribution in [0.2, 0.25) is 0 Å². The molecule has 3 aliphatic rings. The molecule has 0 radical (unpaired) electrons. The average molecular weight is 625 g/mol. The van der Waals surface area contributed by atoms with Crippen LogP contribution in [0.5, 0.6) is 17.2 Å². The van der Waals surface area contributed by atoms with Gasteiger partial charge in [-0.15, -0.1) is 0 Å². The van der Waals surface area contributed by atoms with Crippen LogP contribution >= 0.6 is 0 Å². The molecule has 3 amide bonds. The quantitative estimate of drug-likeness (QED) is 0.351. The number of nitrogens with one attached hydrogen (secondary N) is 2. The molecule has 2 N–H and O–H groups in total. The Morgan fingerprint density at radius 1 is 1.02 bits per heavy atom. The van der Waals surface area contributed by atoms with Gasteiger partial charge >= 0.3 is 0 Å². The number of hydrogen-bond donors (Lipinski definition) is 2. The number of carbonyl (C=O) groups excluding carboxylic acids is 3. The molecule has 0 unspecified atom stereocenters. The lowest BCUT2D eigenvalue weighted by Crippen LogP contribution is -2.45. The number of fused-ring (bicyclic) bond motifs is 7. The molecule has 3 aliphatic heterocycles. The maximum Gasteiger partial charge on any atom is 0.258 e. The highest BCUT2D eigenvalue weighted by molar-refractivity contribution is 5.96. The highest BCUT2D eigenvalue weighted by Gasteiger charge is 2.39. The molecule has 1 aromatic heterocycles. The molecule has 238 valence electrons. The van der Waals surface area contributed by atoms with Gasteiger partial charge in [0.1, 0.15) is 17.6 Å². The molecule has 7 rings (SSSR count). The summed E-state index contributed by atoms with van der Waals surface area (Å²) in [5.74, 6) is 1.37. The summed E-state index contributed by atoms with van der Waals surface area (Å²) in [5, 5.41) is 9.99. The molecule has 11 heteroatoms. The second-order valence-corrected chi connectivity index (χ2v) is 11.6. The van der Waals surface area contributed by atoms with Gasteiger partial charge in [0.25, 0.3) is 11.8 Å². The third-order valence-corrected chi connectivity index (χ3v) is 8.46. The van der Waals surface area contributed by atoms with Crippen molar-refractivity contribution in [2.45, 2.75) is 45.9 Å². The van der Waals surface area contributed by atoms with E-state index in [1.807, 2.05) is 50.2 Å². The van der Waals surface area contributed by atoms with Gasteiger partial charge in [-0.1, -0.05) is 29.4 Å². The topological polar surface area (TPSA) is 132 Å². The lowest BCUT2D eigenvalue weighted by atomic mass is 9.97. The zero-order chi connectivity index (χ0) is 32.4. The van der Waals surface area contributed by atoms with Crippen molar-refractivity contribution >= 4 is 17.7 Å². The fourth-order valence-electron chi connectivity index (χ4n) is 5.82. The van der Waals surface area contributed by atoms with Gasteiger partial charge in [-0.05, 0) is 79.4 Å². The summed E-state index contributed by atoms with van der Waals surface area (Å²) in [6.07, 6.45) is -0.441. The third-order valence-electron chi connectivity index (χ3n) is 8.46. The monoisotopic (exact) mass is 624 g/mol. The molecule has 4 heterocycles. The number of methoxy groups -OCH3 is 1. The Balaban J connectivity index is 1.34. The van der Waals surface area contributed by atoms with Crippen LogP contribution in [-0.2, 0) is 22.6 Å². The van der Waals surface area contributed by atoms with E-state index in [1.54, 1.807) is 36.1 Å². The van der Waals surface area contributed by atoms with E-state index in [0.717, 1.165) is 27.8 Å². The Labute approximate surface area is 266 Å². The fourth-order valence-corrected chi connectivity index (χ4v) is 5.82. The number of amides is 3. The summed E-state index contributed by atoms with van der Waals surface area (Å²) >= 11 is 0. The van der Waals surface area contributed by atoms with Crippen molar-refractivity contribution in [3.05, 3.63) is 94.4 Å². The fraction of sp³-hybridized carbons (Fsp3) is 0.314. The number of carbonyl (C=O) groups is 3. The number of ether oxygens (including phenoxy) is 3. The van der Waals surface area contributed by atoms with Gasteiger partial charge in [0.05, 0.1) is 31.8 Å². The minimum atomic E-state index is -0.568. The van der Waals surface area contributed by atoms with Crippen molar-refractivity contribution in [1.29, 1.82) is 0 Å². The third kappa shape index (κ3) is 6.53. The molecular formula is C35H36N4O7. The molecule has 46 heavy (non-hydrogen) atoms. The summed E-state index contributed by atoms with van der Waals surface area (Å²) in [4.78, 5) is 41.6. The van der Waals surface area contributed by atoms with Crippen LogP contribution in [0.4, 0.5) is 0 Å². The molecular weight excluding hydrogens is 588 g/mol. The highest BCUT2D eigenvalue weighted by Crippen LogP contribution is 2.32. The smallest absolute Gasteiger partial charge is 0.258 e. The van der Waals surface area contributed by atoms with Gasteiger partial charge in [-0.2, -0.15) is 0 Å². The predicted molar refractivity (Wildman–Crippen MR) is 169 cm³/mol. The Morgan fingerprint density at radius 2 is 1.87 bits per heavy atom. The van der Waals surface area contributed by atoms with Crippen LogP contribution in [0.1, 0.15) is 38.5 Å². The second kappa shape index (κ2) is 13.0. The van der Waals surface area contributed by atoms with Crippen molar-refractivity contribution in [1.82, 2.24) is 20.7 Å². The Hall–Kier alpha value is -5.32. The summed E-state index contributed by atoms with van der Waals surface area (Å²) in [6, 6.07) is 17.8. The maximum absolute atomic E-state index is 13.8. The van der Waals surface area contributed by atoms with Crippen LogP contribution in [-0.4, -0.2) is 66.7 Å². The minimum absolute atomic E-state index is 0.122. The molecule has 4 aromatic rings. The van der Waals surface area contributed by atoms with Crippen LogP contribution < -0.4 is 24.8 Å². The van der Waals surface area contributed by atoms with E-state index in [-0.39, 0.29) is 50.4 Å². The molecule has 3 aromatic carbocycles. The van der Waals surface area contributed by atoms with Crippen LogP contribution in [0.3, 0.4) is 0 Å². The zero-order valence-electron chi connectivity index (χ0n) is 26.2. The van der Waals surface area contributed by atoms with Gasteiger partial charge in [0.2, 0.25) is 5.91 Å². The van der Waals surface area contributed by atoms with Crippen molar-refractivity contribution in [2.75, 3.05) is 26.8 Å². The number of aromatic nitrogens is 1. The van der Waals surface area contributed by atoms with Crippen molar-refractivity contribution in [3.63, 3.8) is 0 Å². The van der Waals surface area contributed by atoms with Gasteiger partial charge in [-0.3, -0.25) is 14.4 Å². The van der Waals surface area contributed by atoms with E-state index in [9.17, 15) is 14.4 Å². The molecule has 0 aliphatic carbocycles. The first-order valence-electron chi connectivity index (χ1n) is 15.1. The zero-order valence-corrected chi connectivity index (χ0v) is 26.2. The van der Waals surface area contributed by atoms with Gasteiger partial charge in [0.15, 0.2) is 18.1 Å². The molecule has 11 nitrogen and oxygen atoms in total. The average Bonchev–Trinajstić information content (AvgIpc) is 3.60. The number of likely N-dealkylation sites (tertiary alicyclic amines) is 1. The second-order valence-electron chi connectivity index (χ2n) is 11.6. The molecule has 0 saturated carbocycles. The molecule has 6 bridgehead atoms. The largest absolute Gasteiger partial charge is 0.493 e.